The van der Waals surface area contributed by atoms with Crippen molar-refractivity contribution in [2.45, 2.75) is 44.8 Å². The van der Waals surface area contributed by atoms with Crippen molar-refractivity contribution in [3.8, 4) is 12.3 Å². The lowest BCUT2D eigenvalue weighted by Crippen LogP contribution is -2.76. The number of carbonyl (C=O) groups is 3. The molecule has 206 valence electrons. The lowest BCUT2D eigenvalue weighted by atomic mass is 9.97. The van der Waals surface area contributed by atoms with Gasteiger partial charge in [0.25, 0.3) is 0 Å². The molecule has 0 spiro atoms. The fraction of sp³-hybridized carbons (Fsp3) is 0.433. The fourth-order valence-electron chi connectivity index (χ4n) is 5.11. The molecule has 2 aromatic rings. The average molecular weight is 548 g/mol. The lowest BCUT2D eigenvalue weighted by Gasteiger charge is -2.55. The molecule has 0 radical (unpaired) electrons. The number of hydrogen-bond donors (Lipinski definition) is 1. The van der Waals surface area contributed by atoms with Crippen molar-refractivity contribution in [1.82, 2.24) is 25.1 Å². The maximum absolute atomic E-state index is 13.7. The summed E-state index contributed by atoms with van der Waals surface area (Å²) in [6, 6.07) is 18.9. The third kappa shape index (κ3) is 7.14. The van der Waals surface area contributed by atoms with E-state index in [-0.39, 0.29) is 43.4 Å². The summed E-state index contributed by atoms with van der Waals surface area (Å²) >= 11 is 1.76. The molecule has 0 unspecified atom stereocenters. The molecule has 2 saturated heterocycles. The molecule has 0 bridgehead atoms. The summed E-state index contributed by atoms with van der Waals surface area (Å²) in [6.07, 6.45) is 5.53. The molecule has 2 atom stereocenters. The Morgan fingerprint density at radius 2 is 1.74 bits per heavy atom. The Hall–Kier alpha value is -3.48. The van der Waals surface area contributed by atoms with Gasteiger partial charge in [-0.2, -0.15) is 16.8 Å². The van der Waals surface area contributed by atoms with Crippen LogP contribution in [0.2, 0.25) is 0 Å². The summed E-state index contributed by atoms with van der Waals surface area (Å²) in [4.78, 5) is 44.1. The first-order valence-corrected chi connectivity index (χ1v) is 14.6. The highest BCUT2D eigenvalue weighted by Crippen LogP contribution is 2.29. The third-order valence-corrected chi connectivity index (χ3v) is 7.92. The van der Waals surface area contributed by atoms with Crippen LogP contribution in [-0.4, -0.2) is 81.8 Å². The van der Waals surface area contributed by atoms with Crippen LogP contribution in [-0.2, 0) is 21.9 Å². The van der Waals surface area contributed by atoms with Crippen LogP contribution < -0.4 is 5.32 Å². The van der Waals surface area contributed by atoms with E-state index in [1.54, 1.807) is 26.7 Å². The molecule has 2 heterocycles. The minimum absolute atomic E-state index is 0.0474. The Labute approximate surface area is 235 Å². The van der Waals surface area contributed by atoms with Gasteiger partial charge in [0.15, 0.2) is 0 Å². The number of benzene rings is 2. The highest BCUT2D eigenvalue weighted by atomic mass is 32.2. The van der Waals surface area contributed by atoms with Crippen LogP contribution in [0.4, 0.5) is 4.79 Å². The smallest absolute Gasteiger partial charge is 0.334 e. The van der Waals surface area contributed by atoms with Gasteiger partial charge in [-0.05, 0) is 23.5 Å². The van der Waals surface area contributed by atoms with E-state index in [0.29, 0.717) is 19.5 Å². The van der Waals surface area contributed by atoms with Crippen molar-refractivity contribution < 1.29 is 14.4 Å². The van der Waals surface area contributed by atoms with Gasteiger partial charge < -0.3 is 15.1 Å². The number of rotatable bonds is 10. The summed E-state index contributed by atoms with van der Waals surface area (Å²) < 4.78 is 0. The van der Waals surface area contributed by atoms with Gasteiger partial charge in [0.2, 0.25) is 11.8 Å². The first kappa shape index (κ1) is 28.5. The Morgan fingerprint density at radius 3 is 2.38 bits per heavy atom. The van der Waals surface area contributed by atoms with E-state index >= 15 is 0 Å². The van der Waals surface area contributed by atoms with Crippen molar-refractivity contribution >= 4 is 29.6 Å². The number of amides is 4. The number of terminal acetylenes is 1. The molecule has 9 heteroatoms. The maximum atomic E-state index is 13.7. The van der Waals surface area contributed by atoms with Gasteiger partial charge in [0.1, 0.15) is 12.2 Å². The van der Waals surface area contributed by atoms with E-state index in [1.165, 1.54) is 5.56 Å². The molecule has 0 aliphatic carbocycles. The molecule has 2 aliphatic rings. The molecule has 0 aromatic heterocycles. The highest BCUT2D eigenvalue weighted by molar-refractivity contribution is 7.98. The van der Waals surface area contributed by atoms with E-state index in [1.807, 2.05) is 67.3 Å². The van der Waals surface area contributed by atoms with E-state index in [4.69, 9.17) is 6.42 Å². The van der Waals surface area contributed by atoms with Crippen LogP contribution >= 0.6 is 11.8 Å². The zero-order valence-corrected chi connectivity index (χ0v) is 23.5. The summed E-state index contributed by atoms with van der Waals surface area (Å²) in [5.41, 5.74) is 2.20. The van der Waals surface area contributed by atoms with Gasteiger partial charge in [-0.1, -0.05) is 80.4 Å². The Kier molecular flexibility index (Phi) is 9.90. The molecular weight excluding hydrogens is 510 g/mol. The molecule has 2 aromatic carbocycles. The molecule has 2 aliphatic heterocycles. The van der Waals surface area contributed by atoms with Gasteiger partial charge in [0, 0.05) is 24.6 Å². The Balaban J connectivity index is 1.53. The highest BCUT2D eigenvalue weighted by Gasteiger charge is 2.51. The molecule has 39 heavy (non-hydrogen) atoms. The summed E-state index contributed by atoms with van der Waals surface area (Å²) in [5, 5.41) is 6.17. The standard InChI is InChI=1S/C30H37N5O3S/c1-4-15-33-21-28(36)34-26(18-23(2)3)29(37)32(16-17-39-22-25-13-9-6-10-14-25)20-27(34)35(33)30(38)31-19-24-11-7-5-8-12-24/h1,5-14,23,26-27H,15-22H2,2-3H3,(H,31,38)/t26-,27-/m0/s1. The first-order chi connectivity index (χ1) is 18.9. The summed E-state index contributed by atoms with van der Waals surface area (Å²) in [5.74, 6) is 4.16. The normalized spacial score (nSPS) is 19.7. The van der Waals surface area contributed by atoms with Crippen molar-refractivity contribution in [2.75, 3.05) is 31.9 Å². The predicted molar refractivity (Wildman–Crippen MR) is 154 cm³/mol. The average Bonchev–Trinajstić information content (AvgIpc) is 2.93. The zero-order chi connectivity index (χ0) is 27.8. The van der Waals surface area contributed by atoms with Gasteiger partial charge in [0.05, 0.1) is 19.6 Å². The van der Waals surface area contributed by atoms with Crippen LogP contribution in [0.15, 0.2) is 60.7 Å². The second-order valence-corrected chi connectivity index (χ2v) is 11.4. The van der Waals surface area contributed by atoms with Gasteiger partial charge >= 0.3 is 6.03 Å². The molecule has 0 saturated carbocycles. The van der Waals surface area contributed by atoms with Crippen LogP contribution in [0, 0.1) is 18.3 Å². The Bertz CT molecular complexity index is 1170. The number of hydrazine groups is 1. The minimum atomic E-state index is -0.629. The third-order valence-electron chi connectivity index (χ3n) is 6.91. The number of fused-ring (bicyclic) bond motifs is 1. The number of thioether (sulfide) groups is 1. The van der Waals surface area contributed by atoms with E-state index in [9.17, 15) is 14.4 Å². The largest absolute Gasteiger partial charge is 0.336 e. The van der Waals surface area contributed by atoms with Crippen molar-refractivity contribution in [3.63, 3.8) is 0 Å². The van der Waals surface area contributed by atoms with E-state index in [2.05, 4.69) is 23.4 Å². The molecular formula is C30H37N5O3S. The Morgan fingerprint density at radius 1 is 1.08 bits per heavy atom. The fourth-order valence-corrected chi connectivity index (χ4v) is 6.03. The maximum Gasteiger partial charge on any atom is 0.334 e. The van der Waals surface area contributed by atoms with Crippen LogP contribution in [0.1, 0.15) is 31.4 Å². The topological polar surface area (TPSA) is 76.2 Å². The first-order valence-electron chi connectivity index (χ1n) is 13.4. The number of piperazine rings is 1. The molecule has 4 rings (SSSR count). The monoisotopic (exact) mass is 547 g/mol. The SMILES string of the molecule is C#CCN1CC(=O)N2[C@@H](CC(C)C)C(=O)N(CCSCc3ccccc3)C[C@@H]2N1C(=O)NCc1ccccc1. The number of hydrogen-bond acceptors (Lipinski definition) is 5. The van der Waals surface area contributed by atoms with E-state index in [0.717, 1.165) is 17.1 Å². The second kappa shape index (κ2) is 13.5. The molecule has 4 amide bonds. The number of carbonyl (C=O) groups excluding carboxylic acids is 3. The summed E-state index contributed by atoms with van der Waals surface area (Å²) in [6.45, 7) is 5.28. The predicted octanol–water partition coefficient (Wildman–Crippen LogP) is 3.41. The van der Waals surface area contributed by atoms with Crippen LogP contribution in [0.5, 0.6) is 0 Å². The van der Waals surface area contributed by atoms with E-state index < -0.39 is 12.2 Å². The number of nitrogens with zero attached hydrogens (tertiary/aromatic N) is 4. The minimum Gasteiger partial charge on any atom is -0.336 e. The van der Waals surface area contributed by atoms with Gasteiger partial charge in [-0.15, -0.1) is 6.42 Å². The molecule has 2 fully saturated rings. The van der Waals surface area contributed by atoms with Crippen molar-refractivity contribution in [2.24, 2.45) is 5.92 Å². The summed E-state index contributed by atoms with van der Waals surface area (Å²) in [7, 11) is 0. The number of nitrogens with one attached hydrogen (secondary N) is 1. The van der Waals surface area contributed by atoms with Gasteiger partial charge in [-0.3, -0.25) is 9.59 Å². The van der Waals surface area contributed by atoms with Crippen LogP contribution in [0.25, 0.3) is 0 Å². The zero-order valence-electron chi connectivity index (χ0n) is 22.7. The molecule has 8 nitrogen and oxygen atoms in total. The van der Waals surface area contributed by atoms with Crippen molar-refractivity contribution in [3.05, 3.63) is 71.8 Å². The number of urea groups is 1. The quantitative estimate of drug-likeness (QED) is 0.365. The van der Waals surface area contributed by atoms with Crippen LogP contribution in [0.3, 0.4) is 0 Å². The lowest BCUT2D eigenvalue weighted by molar-refractivity contribution is -0.189. The second-order valence-electron chi connectivity index (χ2n) is 10.3. The van der Waals surface area contributed by atoms with Gasteiger partial charge in [-0.25, -0.2) is 9.80 Å². The molecule has 1 N–H and O–H groups in total. The van der Waals surface area contributed by atoms with Crippen molar-refractivity contribution in [1.29, 1.82) is 0 Å².